The van der Waals surface area contributed by atoms with E-state index in [-0.39, 0.29) is 59.8 Å². The Morgan fingerprint density at radius 1 is 0.481 bits per heavy atom. The van der Waals surface area contributed by atoms with Crippen LogP contribution in [0.4, 0.5) is 54.9 Å². The number of aromatic carboxylic acids is 1. The molecule has 17 rings (SSSR count). The number of nitrogen functional groups attached to an aromatic ring is 1. The lowest BCUT2D eigenvalue weighted by Gasteiger charge is -2.61. The molecule has 1 amide bonds. The second kappa shape index (κ2) is 45.6. The normalized spacial score (nSPS) is 13.6. The molecule has 135 heavy (non-hydrogen) atoms. The zero-order chi connectivity index (χ0) is 97.6. The number of nitrogens with one attached hydrogen (secondary N) is 2. The summed E-state index contributed by atoms with van der Waals surface area (Å²) in [5.41, 5.74) is 26.0. The summed E-state index contributed by atoms with van der Waals surface area (Å²) < 4.78 is 102. The van der Waals surface area contributed by atoms with Crippen LogP contribution < -0.4 is 45.9 Å². The molecule has 13 heterocycles. The quantitative estimate of drug-likeness (QED) is 0.0156. The van der Waals surface area contributed by atoms with Crippen molar-refractivity contribution in [3.8, 4) is 11.5 Å². The van der Waals surface area contributed by atoms with Gasteiger partial charge in [-0.2, -0.15) is 0 Å². The van der Waals surface area contributed by atoms with E-state index in [0.29, 0.717) is 114 Å². The Kier molecular flexibility index (Phi) is 35.6. The minimum absolute atomic E-state index is 0. The summed E-state index contributed by atoms with van der Waals surface area (Å²) in [6, 6.07) is 37.3. The molecule has 40 heteroatoms. The largest absolute Gasteiger partial charge is 0.573 e. The Balaban J connectivity index is 0.000000174. The van der Waals surface area contributed by atoms with Gasteiger partial charge in [0.25, 0.3) is 5.91 Å². The van der Waals surface area contributed by atoms with Crippen LogP contribution in [0.2, 0.25) is 25.1 Å². The fourth-order valence-electron chi connectivity index (χ4n) is 16.4. The molecule has 28 nitrogen and oxygen atoms in total. The first-order valence-corrected chi connectivity index (χ1v) is 45.1. The Labute approximate surface area is 813 Å². The van der Waals surface area contributed by atoms with E-state index in [0.717, 1.165) is 135 Å². The Hall–Kier alpha value is -11.9. The number of carbonyl (C=O) groups is 6. The van der Waals surface area contributed by atoms with Crippen molar-refractivity contribution in [2.45, 2.75) is 106 Å². The monoisotopic (exact) mass is 2070 g/mol. The summed E-state index contributed by atoms with van der Waals surface area (Å²) in [6.45, 7) is 18.0. The number of carbonyl (C=O) groups excluding carboxylic acids is 5. The van der Waals surface area contributed by atoms with Crippen LogP contribution in [0.5, 0.6) is 11.5 Å². The van der Waals surface area contributed by atoms with Crippen molar-refractivity contribution in [1.82, 2.24) is 48.9 Å². The van der Waals surface area contributed by atoms with Crippen molar-refractivity contribution in [3.05, 3.63) is 243 Å². The number of esters is 3. The predicted molar refractivity (Wildman–Crippen MR) is 522 cm³/mol. The van der Waals surface area contributed by atoms with Crippen LogP contribution in [0.3, 0.4) is 0 Å². The maximum Gasteiger partial charge on any atom is 0.573 e. The van der Waals surface area contributed by atoms with Crippen LogP contribution in [0.15, 0.2) is 158 Å². The average molecular weight is 2080 g/mol. The van der Waals surface area contributed by atoms with Gasteiger partial charge in [0.2, 0.25) is 0 Å². The van der Waals surface area contributed by atoms with Gasteiger partial charge in [-0.25, -0.2) is 39.3 Å². The number of carboxylic acids is 1. The molecule has 0 radical (unpaired) electrons. The average Bonchev–Trinajstić information content (AvgIpc) is 1.46. The Bertz CT molecular complexity index is 6380. The number of benzene rings is 4. The van der Waals surface area contributed by atoms with Crippen molar-refractivity contribution in [1.29, 1.82) is 0 Å². The molecule has 0 saturated carbocycles. The number of Topliss-reactive ketones (excluding diaryl/α,β-unsaturated/α-hetero) is 1. The van der Waals surface area contributed by atoms with Gasteiger partial charge in [-0.15, -0.1) is 26.3 Å². The van der Waals surface area contributed by atoms with Gasteiger partial charge < -0.3 is 83.9 Å². The van der Waals surface area contributed by atoms with Crippen LogP contribution in [0.25, 0.3) is 44.1 Å². The molecule has 0 atom stereocenters. The topological polar surface area (TPSA) is 341 Å². The van der Waals surface area contributed by atoms with Gasteiger partial charge in [0, 0.05) is 202 Å². The van der Waals surface area contributed by atoms with E-state index in [1.54, 1.807) is 84.7 Å². The number of aryl methyl sites for hydroxylation is 4. The molecule has 0 aliphatic carbocycles. The summed E-state index contributed by atoms with van der Waals surface area (Å²) in [5.74, 6) is -2.22. The lowest BCUT2D eigenvalue weighted by molar-refractivity contribution is -0.275. The van der Waals surface area contributed by atoms with Crippen molar-refractivity contribution in [2.24, 2.45) is 37.7 Å². The molecular formula is C95H102Cl5F6IN16O12. The number of ether oxygens (including phenoxy) is 5. The molecule has 9 aromatic heterocycles. The number of hydrogen-bond acceptors (Lipinski definition) is 22. The minimum Gasteiger partial charge on any atom is -0.478 e. The summed E-state index contributed by atoms with van der Waals surface area (Å²) >= 11 is 31.5. The summed E-state index contributed by atoms with van der Waals surface area (Å²) in [5, 5.41) is 17.6. The molecule has 4 aromatic carbocycles. The molecule has 718 valence electrons. The van der Waals surface area contributed by atoms with Gasteiger partial charge >= 0.3 is 36.6 Å². The van der Waals surface area contributed by atoms with E-state index in [4.69, 9.17) is 78.9 Å². The third-order valence-corrected chi connectivity index (χ3v) is 24.7. The van der Waals surface area contributed by atoms with Gasteiger partial charge in [0.05, 0.1) is 72.3 Å². The molecule has 13 aromatic rings. The number of amides is 1. The van der Waals surface area contributed by atoms with Gasteiger partial charge in [0.1, 0.15) is 52.1 Å². The highest BCUT2D eigenvalue weighted by Gasteiger charge is 2.53. The predicted octanol–water partition coefficient (Wildman–Crippen LogP) is 20.0. The number of aromatic amines is 1. The highest BCUT2D eigenvalue weighted by atomic mass is 127. The van der Waals surface area contributed by atoms with Crippen LogP contribution in [0.1, 0.15) is 130 Å². The Morgan fingerprint density at radius 3 is 1.19 bits per heavy atom. The number of H-pyrrole nitrogens is 1. The molecule has 4 saturated heterocycles. The number of ketones is 1. The fraction of sp³-hybridized carbons (Fsp3) is 0.337. The van der Waals surface area contributed by atoms with Crippen molar-refractivity contribution >= 4 is 189 Å². The van der Waals surface area contributed by atoms with Crippen LogP contribution in [-0.4, -0.2) is 171 Å². The number of nitrogens with two attached hydrogens (primary N) is 2. The SMILES string of the molecule is C.CCC(=O)CC(=O)OC.CCc1[nH]c2ncc(Cl)cc2c1C(=O)OC.CCc1c(C(=O)NCc2ccc(N3CC4(C3)CN(c3ccc(OC(F)(F)F)cc3)C4)cc2)c2cc(Cl)cnc2n1C.CCc1c(C(=O)O)c2cc(Cl)cnc2n1C.CCc1c(C(=O)OC)c2cc(Cl)cnc2n1C.NCc1ccc(N2CC3(C2)CN(c2ccc(OC(F)(F)F)cc2)C3)cc1.Nc1ncc(Cl)cc1I. The molecule has 0 unspecified atom stereocenters. The number of anilines is 5. The van der Waals surface area contributed by atoms with E-state index >= 15 is 0 Å². The summed E-state index contributed by atoms with van der Waals surface area (Å²) in [6.07, 6.45) is 1.50. The fourth-order valence-corrected chi connectivity index (χ4v) is 17.8. The lowest BCUT2D eigenvalue weighted by atomic mass is 9.72. The summed E-state index contributed by atoms with van der Waals surface area (Å²) in [4.78, 5) is 102. The standard InChI is InChI=1S/C30H29ClF3N5O2.C19H20F3N3O.C12H13ClN2O2.2C11H11ClN2O2.C6H10O3.C5H4ClIN2.CH4/c1-3-25-26(24-12-20(31)14-35-27(24)37(25)2)28(40)36-13-19-4-6-21(7-5-19)38-15-29(16-38)17-39(18-29)22-8-10-23(11-9-22)41-30(32,33)34;20-19(21,22)26-17-7-5-16(6-8-17)25-12-18(13-25)10-24(11-18)15-3-1-14(9-23)2-4-15;1-4-9-10(12(16)17-3)8-5-7(13)6-14-11(8)15(9)2;1-3-8-9(11(15)16-2)7-4-6(12)5-13-10(7)14-8;1-3-8-9(11(15)16)7-4-6(12)5-13-10(7)14(8)2;1-3-5(7)4-6(8)9-2;6-3-1-4(7)5(8)9-2-3;/h4-12,14H,3,13,15-18H2,1-2H3,(H,36,40);1-8H,9-13,23H2;5-6H,4H2,1-3H3;4-5H,3H2,1-2H3,(H,13,14);4-5H,3H2,1-2H3,(H,15,16);3-4H2,1-2H3;1-2H,(H2,8,9);1H4. The number of fused-ring (bicyclic) bond motifs is 4. The number of hydrogen-bond donors (Lipinski definition) is 5. The second-order valence-electron chi connectivity index (χ2n) is 31.8. The highest BCUT2D eigenvalue weighted by molar-refractivity contribution is 14.1. The van der Waals surface area contributed by atoms with Crippen LogP contribution in [-0.2, 0) is 83.7 Å². The number of pyridine rings is 5. The minimum atomic E-state index is -4.69. The van der Waals surface area contributed by atoms with E-state index in [9.17, 15) is 60.2 Å². The number of nitrogens with zero attached hydrogens (tertiary/aromatic N) is 12. The van der Waals surface area contributed by atoms with Gasteiger partial charge in [0.15, 0.2) is 0 Å². The molecule has 4 aliphatic rings. The zero-order valence-corrected chi connectivity index (χ0v) is 80.8. The van der Waals surface area contributed by atoms with Gasteiger partial charge in [-0.3, -0.25) is 14.4 Å². The zero-order valence-electron chi connectivity index (χ0n) is 74.8. The first kappa shape index (κ1) is 105. The third kappa shape index (κ3) is 25.7. The number of methoxy groups -OCH3 is 3. The number of aromatic nitrogens is 9. The first-order chi connectivity index (χ1) is 63.6. The molecule has 2 spiro atoms. The molecule has 0 bridgehead atoms. The number of rotatable bonds is 20. The first-order valence-electron chi connectivity index (χ1n) is 42.1. The highest BCUT2D eigenvalue weighted by Crippen LogP contribution is 2.47. The van der Waals surface area contributed by atoms with E-state index < -0.39 is 24.7 Å². The number of carboxylic acid groups (broad SMARTS) is 1. The molecule has 4 fully saturated rings. The molecule has 4 aliphatic heterocycles. The van der Waals surface area contributed by atoms with E-state index in [1.165, 1.54) is 63.7 Å². The maximum atomic E-state index is 13.2. The number of alkyl halides is 6. The Morgan fingerprint density at radius 2 is 0.830 bits per heavy atom. The third-order valence-electron chi connectivity index (χ3n) is 22.8. The van der Waals surface area contributed by atoms with Crippen molar-refractivity contribution < 1.29 is 83.9 Å². The maximum absolute atomic E-state index is 13.2. The second-order valence-corrected chi connectivity index (χ2v) is 35.2. The molecular weight excluding hydrogens is 1980 g/mol. The van der Waals surface area contributed by atoms with Crippen LogP contribution >= 0.6 is 80.6 Å². The van der Waals surface area contributed by atoms with Crippen molar-refractivity contribution in [3.63, 3.8) is 0 Å². The smallest absolute Gasteiger partial charge is 0.478 e. The summed E-state index contributed by atoms with van der Waals surface area (Å²) in [7, 11) is 9.61. The van der Waals surface area contributed by atoms with Gasteiger partial charge in [-0.1, -0.05) is 124 Å². The number of halogens is 12. The van der Waals surface area contributed by atoms with Crippen molar-refractivity contribution in [2.75, 3.05) is 99.0 Å². The van der Waals surface area contributed by atoms with E-state index in [2.05, 4.69) is 128 Å². The van der Waals surface area contributed by atoms with Crippen LogP contribution in [0, 0.1) is 14.4 Å². The molecule has 7 N–H and O–H groups in total. The van der Waals surface area contributed by atoms with E-state index in [1.807, 2.05) is 70.1 Å². The van der Waals surface area contributed by atoms with Gasteiger partial charge in [-0.05, 0) is 163 Å². The lowest BCUT2D eigenvalue weighted by Crippen LogP contribution is -2.72.